The Labute approximate surface area is 301 Å². The number of likely N-dealkylation sites (tertiary alicyclic amines) is 1. The average molecular weight is 762 g/mol. The molecular formula is C38H42BrFN4O5Si. The van der Waals surface area contributed by atoms with Crippen LogP contribution in [0.25, 0.3) is 0 Å². The molecule has 0 radical (unpaired) electrons. The van der Waals surface area contributed by atoms with Gasteiger partial charge in [0.1, 0.15) is 0 Å². The molecule has 50 heavy (non-hydrogen) atoms. The van der Waals surface area contributed by atoms with E-state index < -0.39 is 31.6 Å². The van der Waals surface area contributed by atoms with Gasteiger partial charge in [-0.1, -0.05) is 65.3 Å². The molecule has 0 aromatic heterocycles. The van der Waals surface area contributed by atoms with E-state index in [0.29, 0.717) is 36.3 Å². The van der Waals surface area contributed by atoms with Gasteiger partial charge in [-0.15, -0.1) is 0 Å². The summed E-state index contributed by atoms with van der Waals surface area (Å²) in [6.45, 7) is 5.80. The van der Waals surface area contributed by atoms with Crippen LogP contribution >= 0.6 is 15.9 Å². The number of fused-ring (bicyclic) bond motifs is 2. The van der Waals surface area contributed by atoms with E-state index >= 15 is 4.11 Å². The molecule has 2 saturated heterocycles. The van der Waals surface area contributed by atoms with Crippen LogP contribution < -0.4 is 9.91 Å². The molecule has 12 heteroatoms. The fourth-order valence-corrected chi connectivity index (χ4v) is 11.4. The van der Waals surface area contributed by atoms with Gasteiger partial charge in [0.15, 0.2) is 5.60 Å². The second-order valence-electron chi connectivity index (χ2n) is 14.4. The maximum Gasteiger partial charge on any atom is 0.264 e. The number of aliphatic hydroxyl groups excluding tert-OH is 1. The molecule has 4 heterocycles. The largest absolute Gasteiger partial charge is 0.394 e. The second kappa shape index (κ2) is 13.4. The van der Waals surface area contributed by atoms with Crippen molar-refractivity contribution < 1.29 is 28.3 Å². The van der Waals surface area contributed by atoms with Crippen LogP contribution in [-0.4, -0.2) is 67.1 Å². The smallest absolute Gasteiger partial charge is 0.264 e. The van der Waals surface area contributed by atoms with Crippen molar-refractivity contribution >= 4 is 59.1 Å². The first kappa shape index (κ1) is 34.7. The van der Waals surface area contributed by atoms with Crippen molar-refractivity contribution in [1.82, 2.24) is 4.90 Å². The maximum absolute atomic E-state index is 16.3. The number of hydrazone groups is 1. The number of hydrogen-bond donors (Lipinski definition) is 1. The average Bonchev–Trinajstić information content (AvgIpc) is 3.76. The predicted molar refractivity (Wildman–Crippen MR) is 196 cm³/mol. The van der Waals surface area contributed by atoms with Crippen LogP contribution in [0.3, 0.4) is 0 Å². The highest BCUT2D eigenvalue weighted by Crippen LogP contribution is 2.60. The van der Waals surface area contributed by atoms with Crippen LogP contribution in [0.2, 0.25) is 18.6 Å². The molecule has 5 atom stereocenters. The molecule has 3 amide bonds. The molecule has 2 fully saturated rings. The number of carbonyl (C=O) groups excluding carboxylic acids is 3. The molecule has 3 aromatic rings. The number of rotatable bonds is 8. The monoisotopic (exact) mass is 760 g/mol. The summed E-state index contributed by atoms with van der Waals surface area (Å²) < 4.78 is 23.8. The first-order valence-corrected chi connectivity index (χ1v) is 21.1. The predicted octanol–water partition coefficient (Wildman–Crippen LogP) is 6.68. The minimum Gasteiger partial charge on any atom is -0.394 e. The van der Waals surface area contributed by atoms with Crippen molar-refractivity contribution in [2.75, 3.05) is 23.1 Å². The van der Waals surface area contributed by atoms with E-state index in [9.17, 15) is 19.5 Å². The van der Waals surface area contributed by atoms with Crippen LogP contribution in [-0.2, 0) is 31.3 Å². The zero-order valence-electron chi connectivity index (χ0n) is 28.5. The topological polar surface area (TPSA) is 103 Å². The highest BCUT2D eigenvalue weighted by molar-refractivity contribution is 9.10. The van der Waals surface area contributed by atoms with E-state index in [2.05, 4.69) is 21.0 Å². The molecule has 0 aliphatic carbocycles. The van der Waals surface area contributed by atoms with E-state index in [-0.39, 0.29) is 43.3 Å². The van der Waals surface area contributed by atoms with Gasteiger partial charge in [-0.25, -0.2) is 5.01 Å². The summed E-state index contributed by atoms with van der Waals surface area (Å²) in [5.74, 6) is -1.07. The van der Waals surface area contributed by atoms with Crippen LogP contribution in [0, 0.1) is 5.92 Å². The molecule has 1 N–H and O–H groups in total. The second-order valence-corrected chi connectivity index (χ2v) is 19.1. The van der Waals surface area contributed by atoms with E-state index in [1.54, 1.807) is 22.9 Å². The van der Waals surface area contributed by atoms with Gasteiger partial charge < -0.3 is 23.8 Å². The lowest BCUT2D eigenvalue weighted by molar-refractivity contribution is -0.150. The Morgan fingerprint density at radius 1 is 1.08 bits per heavy atom. The van der Waals surface area contributed by atoms with Gasteiger partial charge in [-0.05, 0) is 67.4 Å². The number of halogens is 2. The molecule has 0 unspecified atom stereocenters. The van der Waals surface area contributed by atoms with E-state index in [1.807, 2.05) is 79.7 Å². The molecular weight excluding hydrogens is 719 g/mol. The van der Waals surface area contributed by atoms with Crippen molar-refractivity contribution in [3.05, 3.63) is 94.0 Å². The van der Waals surface area contributed by atoms with Gasteiger partial charge in [-0.2, -0.15) is 5.10 Å². The molecule has 7 rings (SSSR count). The quantitative estimate of drug-likeness (QED) is 0.204. The molecule has 0 saturated carbocycles. The normalized spacial score (nSPS) is 26.6. The summed E-state index contributed by atoms with van der Waals surface area (Å²) in [7, 11) is -3.46. The SMILES string of the molecule is C[C@H]1[C@H]([Si](C)(C)F)[C@@H](CC(=O)N2CCC[C@H]2CO)O[C@]12C(=O)N(Cc1ccc(N3N=C(c4ccccc4)CCC3=O)cc1)c1ccc(Br)cc12. The van der Waals surface area contributed by atoms with E-state index in [4.69, 9.17) is 4.74 Å². The third-order valence-electron chi connectivity index (χ3n) is 10.9. The first-order valence-electron chi connectivity index (χ1n) is 17.4. The fraction of sp³-hybridized carbons (Fsp3) is 0.421. The van der Waals surface area contributed by atoms with Gasteiger partial charge >= 0.3 is 0 Å². The van der Waals surface area contributed by atoms with Crippen LogP contribution in [0.1, 0.15) is 55.7 Å². The number of carbonyl (C=O) groups is 3. The van der Waals surface area contributed by atoms with Crippen molar-refractivity contribution in [2.45, 2.75) is 82.0 Å². The number of hydrogen-bond acceptors (Lipinski definition) is 6. The van der Waals surface area contributed by atoms with Crippen molar-refractivity contribution in [1.29, 1.82) is 0 Å². The van der Waals surface area contributed by atoms with Crippen molar-refractivity contribution in [3.8, 4) is 0 Å². The van der Waals surface area contributed by atoms with Gasteiger partial charge in [0.2, 0.25) is 20.2 Å². The zero-order chi connectivity index (χ0) is 35.4. The summed E-state index contributed by atoms with van der Waals surface area (Å²) in [4.78, 5) is 44.6. The van der Waals surface area contributed by atoms with E-state index in [0.717, 1.165) is 34.2 Å². The van der Waals surface area contributed by atoms with Gasteiger partial charge in [0.05, 0.1) is 48.8 Å². The van der Waals surface area contributed by atoms with Crippen LogP contribution in [0.4, 0.5) is 15.5 Å². The Kier molecular flexibility index (Phi) is 9.34. The molecule has 9 nitrogen and oxygen atoms in total. The summed E-state index contributed by atoms with van der Waals surface area (Å²) >= 11 is 3.58. The van der Waals surface area contributed by atoms with Crippen molar-refractivity contribution in [3.63, 3.8) is 0 Å². The molecule has 4 aliphatic heterocycles. The minimum atomic E-state index is -3.46. The minimum absolute atomic E-state index is 0.0463. The zero-order valence-corrected chi connectivity index (χ0v) is 31.1. The third kappa shape index (κ3) is 6.03. The Morgan fingerprint density at radius 3 is 2.52 bits per heavy atom. The lowest BCUT2D eigenvalue weighted by atomic mass is 9.82. The van der Waals surface area contributed by atoms with Crippen molar-refractivity contribution in [2.24, 2.45) is 11.0 Å². The highest BCUT2D eigenvalue weighted by Gasteiger charge is 2.67. The highest BCUT2D eigenvalue weighted by atomic mass is 79.9. The lowest BCUT2D eigenvalue weighted by Gasteiger charge is -2.31. The van der Waals surface area contributed by atoms with Crippen LogP contribution in [0.15, 0.2) is 82.4 Å². The fourth-order valence-electron chi connectivity index (χ4n) is 8.54. The number of amides is 3. The summed E-state index contributed by atoms with van der Waals surface area (Å²) in [5, 5.41) is 16.0. The first-order chi connectivity index (χ1) is 23.9. The third-order valence-corrected chi connectivity index (χ3v) is 13.8. The summed E-state index contributed by atoms with van der Waals surface area (Å²) in [6.07, 6.45) is 1.63. The number of anilines is 2. The number of benzene rings is 3. The lowest BCUT2D eigenvalue weighted by Crippen LogP contribution is -2.45. The standard InChI is InChI=1S/C38H42BrFN4O5Si/c1-24-36(50(2,3)40)33(21-35(47)42-19-7-10-29(42)23-45)49-38(24)30-20-27(39)13-17-32(30)43(37(38)48)22-25-11-14-28(15-12-25)44-34(46)18-16-31(41-44)26-8-5-4-6-9-26/h4-6,8-9,11-15,17,20,24,29,33,36,45H,7,10,16,18-19,21-23H2,1-3H3/t24-,29-,33+,36-,38+/m0/s1. The maximum atomic E-state index is 16.3. The summed E-state index contributed by atoms with van der Waals surface area (Å²) in [5.41, 5.74) is 2.58. The van der Waals surface area contributed by atoms with Gasteiger partial charge in [0.25, 0.3) is 5.91 Å². The Morgan fingerprint density at radius 2 is 1.82 bits per heavy atom. The molecule has 262 valence electrons. The van der Waals surface area contributed by atoms with E-state index in [1.165, 1.54) is 5.01 Å². The van der Waals surface area contributed by atoms with Crippen LogP contribution in [0.5, 0.6) is 0 Å². The summed E-state index contributed by atoms with van der Waals surface area (Å²) in [6, 6.07) is 22.7. The Hall–Kier alpha value is -3.71. The Bertz CT molecular complexity index is 1840. The van der Waals surface area contributed by atoms with Gasteiger partial charge in [-0.3, -0.25) is 14.4 Å². The number of ether oxygens (including phenoxy) is 1. The molecule has 4 aliphatic rings. The Balaban J connectivity index is 1.17. The molecule has 3 aromatic carbocycles. The molecule has 0 bridgehead atoms. The number of aliphatic hydroxyl groups is 1. The molecule has 1 spiro atoms. The van der Waals surface area contributed by atoms with Gasteiger partial charge in [0, 0.05) is 40.9 Å². The number of nitrogens with zero attached hydrogens (tertiary/aromatic N) is 4.